The number of rotatable bonds is 4. The van der Waals surface area contributed by atoms with E-state index in [0.29, 0.717) is 5.75 Å². The number of nitrogens with zero attached hydrogens (tertiary/aromatic N) is 1. The summed E-state index contributed by atoms with van der Waals surface area (Å²) < 4.78 is 30.1. The van der Waals surface area contributed by atoms with Gasteiger partial charge in [0.2, 0.25) is 0 Å². The van der Waals surface area contributed by atoms with Crippen LogP contribution in [0.1, 0.15) is 25.3 Å². The smallest absolute Gasteiger partial charge is 0.278 e. The number of hydrogen-bond acceptors (Lipinski definition) is 2. The van der Waals surface area contributed by atoms with E-state index < -0.39 is 12.5 Å². The Morgan fingerprint density at radius 3 is 2.35 bits per heavy atom. The lowest BCUT2D eigenvalue weighted by Gasteiger charge is -2.13. The lowest BCUT2D eigenvalue weighted by Crippen LogP contribution is -2.20. The van der Waals surface area contributed by atoms with Crippen LogP contribution >= 0.6 is 0 Å². The van der Waals surface area contributed by atoms with Crippen LogP contribution in [0.15, 0.2) is 24.3 Å². The summed E-state index contributed by atoms with van der Waals surface area (Å²) in [5.74, 6) is -2.42. The van der Waals surface area contributed by atoms with E-state index in [4.69, 9.17) is 10.00 Å². The molecule has 0 amide bonds. The summed E-state index contributed by atoms with van der Waals surface area (Å²) in [7, 11) is 0. The van der Waals surface area contributed by atoms with Gasteiger partial charge in [0.1, 0.15) is 5.75 Å². The predicted octanol–water partition coefficient (Wildman–Crippen LogP) is 3.28. The molecule has 1 saturated carbocycles. The molecule has 1 aromatic rings. The van der Waals surface area contributed by atoms with Gasteiger partial charge in [-0.1, -0.05) is 12.1 Å². The molecule has 1 aliphatic rings. The number of hydrogen-bond donors (Lipinski definition) is 0. The van der Waals surface area contributed by atoms with E-state index in [-0.39, 0.29) is 5.41 Å². The molecule has 0 radical (unpaired) electrons. The molecule has 90 valence electrons. The summed E-state index contributed by atoms with van der Waals surface area (Å²) in [6, 6.07) is 9.11. The molecule has 1 aromatic carbocycles. The Kier molecular flexibility index (Phi) is 2.78. The summed E-state index contributed by atoms with van der Waals surface area (Å²) in [6.45, 7) is 0.186. The second kappa shape index (κ2) is 3.99. The van der Waals surface area contributed by atoms with Crippen molar-refractivity contribution in [2.75, 3.05) is 6.61 Å². The quantitative estimate of drug-likeness (QED) is 0.805. The topological polar surface area (TPSA) is 33.0 Å². The molecule has 0 spiro atoms. The molecule has 4 heteroatoms. The van der Waals surface area contributed by atoms with Crippen LogP contribution in [0.4, 0.5) is 8.78 Å². The first-order valence-electron chi connectivity index (χ1n) is 5.48. The minimum Gasteiger partial charge on any atom is -0.487 e. The molecule has 0 bridgehead atoms. The lowest BCUT2D eigenvalue weighted by atomic mass is 9.98. The zero-order valence-corrected chi connectivity index (χ0v) is 9.54. The molecule has 1 fully saturated rings. The maximum Gasteiger partial charge on any atom is 0.278 e. The normalized spacial score (nSPS) is 17.3. The van der Waals surface area contributed by atoms with E-state index in [9.17, 15) is 8.78 Å². The Hall–Kier alpha value is -1.63. The van der Waals surface area contributed by atoms with Crippen LogP contribution in [0.2, 0.25) is 0 Å². The van der Waals surface area contributed by atoms with Crippen molar-refractivity contribution in [2.45, 2.75) is 31.1 Å². The highest BCUT2D eigenvalue weighted by molar-refractivity contribution is 5.41. The lowest BCUT2D eigenvalue weighted by molar-refractivity contribution is -0.0229. The minimum absolute atomic E-state index is 0.340. The van der Waals surface area contributed by atoms with E-state index in [0.717, 1.165) is 25.3 Å². The second-order valence-corrected chi connectivity index (χ2v) is 4.58. The van der Waals surface area contributed by atoms with E-state index >= 15 is 0 Å². The van der Waals surface area contributed by atoms with E-state index in [2.05, 4.69) is 6.07 Å². The third-order valence-electron chi connectivity index (χ3n) is 2.86. The Morgan fingerprint density at radius 1 is 1.35 bits per heavy atom. The molecule has 2 nitrogen and oxygen atoms in total. The van der Waals surface area contributed by atoms with Gasteiger partial charge in [-0.25, -0.2) is 8.78 Å². The molecule has 0 unspecified atom stereocenters. The number of nitriles is 1. The Labute approximate surface area is 98.8 Å². The zero-order chi connectivity index (χ0) is 12.5. The van der Waals surface area contributed by atoms with Gasteiger partial charge in [-0.15, -0.1) is 0 Å². The van der Waals surface area contributed by atoms with Crippen LogP contribution < -0.4 is 4.74 Å². The van der Waals surface area contributed by atoms with Crippen LogP contribution in [-0.4, -0.2) is 12.5 Å². The number of alkyl halides is 2. The summed E-state index contributed by atoms with van der Waals surface area (Å²) in [6.07, 6.45) is 1.74. The molecule has 0 aromatic heterocycles. The molecule has 0 atom stereocenters. The number of benzene rings is 1. The van der Waals surface area contributed by atoms with Crippen LogP contribution in [-0.2, 0) is 5.41 Å². The van der Waals surface area contributed by atoms with E-state index in [1.807, 2.05) is 0 Å². The average molecular weight is 237 g/mol. The Bertz CT molecular complexity index is 438. The molecule has 0 heterocycles. The Balaban J connectivity index is 2.02. The highest BCUT2D eigenvalue weighted by atomic mass is 19.3. The molecular formula is C13H13F2NO. The highest BCUT2D eigenvalue weighted by Gasteiger charge is 2.44. The van der Waals surface area contributed by atoms with E-state index in [1.165, 1.54) is 0 Å². The van der Waals surface area contributed by atoms with Gasteiger partial charge in [-0.05, 0) is 30.5 Å². The molecule has 0 N–H and O–H groups in total. The van der Waals surface area contributed by atoms with Gasteiger partial charge in [0.25, 0.3) is 5.92 Å². The van der Waals surface area contributed by atoms with Crippen LogP contribution in [0.3, 0.4) is 0 Å². The monoisotopic (exact) mass is 237 g/mol. The molecule has 0 aliphatic heterocycles. The van der Waals surface area contributed by atoms with Gasteiger partial charge < -0.3 is 4.74 Å². The standard InChI is InChI=1S/C13H13F2NO/c1-12(14,15)9-17-11-4-2-10(3-5-11)13(8-16)6-7-13/h2-5H,6-7,9H2,1H3. The van der Waals surface area contributed by atoms with Gasteiger partial charge >= 0.3 is 0 Å². The summed E-state index contributed by atoms with van der Waals surface area (Å²) in [4.78, 5) is 0. The van der Waals surface area contributed by atoms with Crippen molar-refractivity contribution in [3.05, 3.63) is 29.8 Å². The molecule has 2 rings (SSSR count). The van der Waals surface area contributed by atoms with Crippen molar-refractivity contribution in [3.63, 3.8) is 0 Å². The summed E-state index contributed by atoms with van der Waals surface area (Å²) in [5.41, 5.74) is 0.600. The predicted molar refractivity (Wildman–Crippen MR) is 59.1 cm³/mol. The third kappa shape index (κ3) is 2.73. The fraction of sp³-hybridized carbons (Fsp3) is 0.462. The average Bonchev–Trinajstić information content (AvgIpc) is 3.07. The largest absolute Gasteiger partial charge is 0.487 e. The maximum atomic E-state index is 12.6. The minimum atomic E-state index is -2.83. The molecule has 1 aliphatic carbocycles. The fourth-order valence-electron chi connectivity index (χ4n) is 1.67. The van der Waals surface area contributed by atoms with Gasteiger partial charge in [0.05, 0.1) is 11.5 Å². The SMILES string of the molecule is CC(F)(F)COc1ccc(C2(C#N)CC2)cc1. The van der Waals surface area contributed by atoms with Gasteiger partial charge in [0, 0.05) is 6.92 Å². The first-order chi connectivity index (χ1) is 7.95. The van der Waals surface area contributed by atoms with Crippen LogP contribution in [0, 0.1) is 11.3 Å². The van der Waals surface area contributed by atoms with Crippen molar-refractivity contribution in [1.29, 1.82) is 5.26 Å². The number of ether oxygens (including phenoxy) is 1. The highest BCUT2D eigenvalue weighted by Crippen LogP contribution is 2.47. The summed E-state index contributed by atoms with van der Waals surface area (Å²) in [5, 5.41) is 9.01. The van der Waals surface area contributed by atoms with E-state index in [1.54, 1.807) is 24.3 Å². The van der Waals surface area contributed by atoms with Gasteiger partial charge in [-0.2, -0.15) is 5.26 Å². The zero-order valence-electron chi connectivity index (χ0n) is 9.54. The molecular weight excluding hydrogens is 224 g/mol. The van der Waals surface area contributed by atoms with Crippen molar-refractivity contribution in [2.24, 2.45) is 0 Å². The maximum absolute atomic E-state index is 12.6. The first-order valence-corrected chi connectivity index (χ1v) is 5.48. The molecule has 0 saturated heterocycles. The fourth-order valence-corrected chi connectivity index (χ4v) is 1.67. The van der Waals surface area contributed by atoms with Gasteiger partial charge in [0.15, 0.2) is 6.61 Å². The molecule has 17 heavy (non-hydrogen) atoms. The van der Waals surface area contributed by atoms with Crippen LogP contribution in [0.5, 0.6) is 5.75 Å². The second-order valence-electron chi connectivity index (χ2n) is 4.58. The van der Waals surface area contributed by atoms with Gasteiger partial charge in [-0.3, -0.25) is 0 Å². The summed E-state index contributed by atoms with van der Waals surface area (Å²) >= 11 is 0. The number of halogens is 2. The first kappa shape index (κ1) is 11.8. The van der Waals surface area contributed by atoms with Crippen molar-refractivity contribution >= 4 is 0 Å². The van der Waals surface area contributed by atoms with Crippen molar-refractivity contribution in [3.8, 4) is 11.8 Å². The third-order valence-corrected chi connectivity index (χ3v) is 2.86. The van der Waals surface area contributed by atoms with Crippen molar-refractivity contribution < 1.29 is 13.5 Å². The van der Waals surface area contributed by atoms with Crippen molar-refractivity contribution in [1.82, 2.24) is 0 Å². The Morgan fingerprint density at radius 2 is 1.94 bits per heavy atom. The van der Waals surface area contributed by atoms with Crippen LogP contribution in [0.25, 0.3) is 0 Å².